The van der Waals surface area contributed by atoms with E-state index >= 15 is 0 Å². The van der Waals surface area contributed by atoms with Gasteiger partial charge in [-0.3, -0.25) is 4.55 Å². The van der Waals surface area contributed by atoms with E-state index in [9.17, 15) is 18.1 Å². The Kier molecular flexibility index (Phi) is 4.15. The van der Waals surface area contributed by atoms with E-state index in [0.29, 0.717) is 16.6 Å². The Morgan fingerprint density at radius 3 is 2.36 bits per heavy atom. The second-order valence-electron chi connectivity index (χ2n) is 5.51. The van der Waals surface area contributed by atoms with Gasteiger partial charge in [-0.1, -0.05) is 18.2 Å². The summed E-state index contributed by atoms with van der Waals surface area (Å²) in [5.41, 5.74) is 7.33. The third-order valence-corrected chi connectivity index (χ3v) is 4.53. The molecule has 0 amide bonds. The first-order valence-corrected chi connectivity index (χ1v) is 8.71. The number of anilines is 1. The maximum absolute atomic E-state index is 11.3. The highest BCUT2D eigenvalue weighted by Crippen LogP contribution is 2.42. The molecule has 0 aromatic heterocycles. The molecule has 0 spiro atoms. The molecule has 0 radical (unpaired) electrons. The lowest BCUT2D eigenvalue weighted by Gasteiger charge is -2.11. The van der Waals surface area contributed by atoms with Crippen LogP contribution in [0.4, 0.5) is 17.1 Å². The van der Waals surface area contributed by atoms with Crippen LogP contribution in [0, 0.1) is 6.92 Å². The minimum Gasteiger partial charge on any atom is -0.505 e. The van der Waals surface area contributed by atoms with Gasteiger partial charge in [-0.2, -0.15) is 13.5 Å². The van der Waals surface area contributed by atoms with E-state index < -0.39 is 10.1 Å². The number of benzene rings is 3. The molecule has 0 saturated carbocycles. The monoisotopic (exact) mass is 357 g/mol. The number of hydrogen-bond donors (Lipinski definition) is 3. The van der Waals surface area contributed by atoms with Crippen molar-refractivity contribution in [2.75, 3.05) is 5.73 Å². The molecule has 0 aliphatic heterocycles. The van der Waals surface area contributed by atoms with Gasteiger partial charge in [-0.25, -0.2) is 0 Å². The lowest BCUT2D eigenvalue weighted by molar-refractivity contribution is 0.480. The van der Waals surface area contributed by atoms with Crippen LogP contribution in [0.3, 0.4) is 0 Å². The molecule has 0 atom stereocenters. The van der Waals surface area contributed by atoms with Crippen molar-refractivity contribution < 1.29 is 18.1 Å². The van der Waals surface area contributed by atoms with Gasteiger partial charge in [0.15, 0.2) is 5.75 Å². The highest BCUT2D eigenvalue weighted by molar-refractivity contribution is 7.85. The molecule has 3 aromatic carbocycles. The van der Waals surface area contributed by atoms with Gasteiger partial charge < -0.3 is 10.8 Å². The van der Waals surface area contributed by atoms with Crippen LogP contribution in [0.2, 0.25) is 0 Å². The topological polar surface area (TPSA) is 125 Å². The summed E-state index contributed by atoms with van der Waals surface area (Å²) in [6.07, 6.45) is 0. The molecule has 0 fully saturated rings. The molecule has 4 N–H and O–H groups in total. The van der Waals surface area contributed by atoms with Crippen molar-refractivity contribution in [1.29, 1.82) is 0 Å². The molecule has 0 heterocycles. The summed E-state index contributed by atoms with van der Waals surface area (Å²) in [6, 6.07) is 13.0. The Balaban J connectivity index is 2.19. The SMILES string of the molecule is Cc1cc2cc(S(=O)(=O)O)cc(N)c2c(O)c1N=Nc1ccccc1. The van der Waals surface area contributed by atoms with E-state index in [1.165, 1.54) is 6.07 Å². The number of nitrogens with two attached hydrogens (primary N) is 1. The van der Waals surface area contributed by atoms with E-state index in [1.807, 2.05) is 18.2 Å². The van der Waals surface area contributed by atoms with Crippen LogP contribution in [-0.4, -0.2) is 18.1 Å². The Bertz CT molecular complexity index is 1090. The minimum absolute atomic E-state index is 0.0128. The third-order valence-electron chi connectivity index (χ3n) is 3.70. The third kappa shape index (κ3) is 3.30. The van der Waals surface area contributed by atoms with Gasteiger partial charge in [0, 0.05) is 11.1 Å². The molecule has 0 aliphatic carbocycles. The molecule has 0 aliphatic rings. The van der Waals surface area contributed by atoms with Gasteiger partial charge in [0.1, 0.15) is 5.69 Å². The van der Waals surface area contributed by atoms with Crippen LogP contribution in [0.1, 0.15) is 5.56 Å². The quantitative estimate of drug-likeness (QED) is 0.370. The van der Waals surface area contributed by atoms with Gasteiger partial charge in [-0.05, 0) is 48.2 Å². The largest absolute Gasteiger partial charge is 0.505 e. The average Bonchev–Trinajstić information content (AvgIpc) is 2.54. The van der Waals surface area contributed by atoms with Crippen molar-refractivity contribution in [3.05, 3.63) is 54.1 Å². The fourth-order valence-corrected chi connectivity index (χ4v) is 3.08. The van der Waals surface area contributed by atoms with Gasteiger partial charge >= 0.3 is 0 Å². The summed E-state index contributed by atoms with van der Waals surface area (Å²) in [4.78, 5) is -0.338. The van der Waals surface area contributed by atoms with Gasteiger partial charge in [0.05, 0.1) is 10.6 Å². The number of rotatable bonds is 3. The summed E-state index contributed by atoms with van der Waals surface area (Å²) in [7, 11) is -4.40. The molecule has 3 rings (SSSR count). The van der Waals surface area contributed by atoms with Crippen LogP contribution >= 0.6 is 0 Å². The van der Waals surface area contributed by atoms with Crippen LogP contribution in [0.5, 0.6) is 5.75 Å². The molecule has 0 unspecified atom stereocenters. The highest BCUT2D eigenvalue weighted by atomic mass is 32.2. The standard InChI is InChI=1S/C17H15N3O4S/c1-10-7-11-8-13(25(22,23)24)9-14(18)15(11)17(21)16(10)20-19-12-5-3-2-4-6-12/h2-9,21H,18H2,1H3,(H,22,23,24). The molecular formula is C17H15N3O4S. The number of phenolic OH excluding ortho intramolecular Hbond substituents is 1. The van der Waals surface area contributed by atoms with E-state index in [4.69, 9.17) is 5.73 Å². The first-order valence-electron chi connectivity index (χ1n) is 7.27. The predicted molar refractivity (Wildman–Crippen MR) is 95.2 cm³/mol. The van der Waals surface area contributed by atoms with E-state index in [1.54, 1.807) is 25.1 Å². The molecule has 0 saturated heterocycles. The van der Waals surface area contributed by atoms with Crippen LogP contribution in [-0.2, 0) is 10.1 Å². The Hall–Kier alpha value is -2.97. The molecule has 8 heteroatoms. The summed E-state index contributed by atoms with van der Waals surface area (Å²) >= 11 is 0. The zero-order valence-electron chi connectivity index (χ0n) is 13.2. The normalized spacial score (nSPS) is 12.1. The fourth-order valence-electron chi connectivity index (χ4n) is 2.53. The van der Waals surface area contributed by atoms with Gasteiger partial charge in [0.2, 0.25) is 0 Å². The number of nitrogens with zero attached hydrogens (tertiary/aromatic N) is 2. The fraction of sp³-hybridized carbons (Fsp3) is 0.0588. The van der Waals surface area contributed by atoms with Gasteiger partial charge in [0.25, 0.3) is 10.1 Å². The lowest BCUT2D eigenvalue weighted by Crippen LogP contribution is -2.00. The van der Waals surface area contributed by atoms with E-state index in [2.05, 4.69) is 10.2 Å². The van der Waals surface area contributed by atoms with Crippen molar-refractivity contribution in [1.82, 2.24) is 0 Å². The maximum atomic E-state index is 11.3. The Morgan fingerprint density at radius 2 is 1.72 bits per heavy atom. The zero-order valence-corrected chi connectivity index (χ0v) is 14.0. The van der Waals surface area contributed by atoms with Crippen LogP contribution in [0.15, 0.2) is 63.7 Å². The predicted octanol–water partition coefficient (Wildman–Crippen LogP) is 4.10. The molecular weight excluding hydrogens is 342 g/mol. The van der Waals surface area contributed by atoms with Crippen LogP contribution in [0.25, 0.3) is 10.8 Å². The van der Waals surface area contributed by atoms with Crippen molar-refractivity contribution in [3.63, 3.8) is 0 Å². The number of azo groups is 1. The summed E-state index contributed by atoms with van der Waals surface area (Å²) in [6.45, 7) is 1.70. The number of fused-ring (bicyclic) bond motifs is 1. The molecule has 7 nitrogen and oxygen atoms in total. The highest BCUT2D eigenvalue weighted by Gasteiger charge is 2.17. The molecule has 25 heavy (non-hydrogen) atoms. The van der Waals surface area contributed by atoms with E-state index in [0.717, 1.165) is 6.07 Å². The van der Waals surface area contributed by atoms with Crippen molar-refractivity contribution in [2.45, 2.75) is 11.8 Å². The number of aryl methyl sites for hydroxylation is 1. The summed E-state index contributed by atoms with van der Waals surface area (Å²) in [5.74, 6) is -0.200. The molecule has 128 valence electrons. The smallest absolute Gasteiger partial charge is 0.294 e. The lowest BCUT2D eigenvalue weighted by atomic mass is 10.0. The first kappa shape index (κ1) is 16.9. The van der Waals surface area contributed by atoms with Crippen LogP contribution < -0.4 is 5.73 Å². The molecule has 0 bridgehead atoms. The number of nitrogen functional groups attached to an aromatic ring is 1. The van der Waals surface area contributed by atoms with Crippen molar-refractivity contribution in [2.24, 2.45) is 10.2 Å². The van der Waals surface area contributed by atoms with Gasteiger partial charge in [-0.15, -0.1) is 5.11 Å². The number of hydrogen-bond acceptors (Lipinski definition) is 6. The first-order chi connectivity index (χ1) is 11.8. The minimum atomic E-state index is -4.40. The van der Waals surface area contributed by atoms with E-state index in [-0.39, 0.29) is 27.4 Å². The summed E-state index contributed by atoms with van der Waals surface area (Å²) < 4.78 is 31.9. The maximum Gasteiger partial charge on any atom is 0.294 e. The second-order valence-corrected chi connectivity index (χ2v) is 6.93. The van der Waals surface area contributed by atoms with Crippen molar-refractivity contribution >= 4 is 38.0 Å². The summed E-state index contributed by atoms with van der Waals surface area (Å²) in [5, 5.41) is 19.3. The zero-order chi connectivity index (χ0) is 18.2. The average molecular weight is 357 g/mol. The number of aromatic hydroxyl groups is 1. The Labute approximate surface area is 144 Å². The van der Waals surface area contributed by atoms with Crippen molar-refractivity contribution in [3.8, 4) is 5.75 Å². The number of phenols is 1. The second kappa shape index (κ2) is 6.15. The Morgan fingerprint density at radius 1 is 1.04 bits per heavy atom. The molecule has 3 aromatic rings.